The Morgan fingerprint density at radius 3 is 1.55 bits per heavy atom. The minimum Gasteiger partial charge on any atom is -0.456 e. The lowest BCUT2D eigenvalue weighted by Gasteiger charge is -2.48. The van der Waals surface area contributed by atoms with Crippen molar-refractivity contribution in [3.8, 4) is 0 Å². The normalized spacial score (nSPS) is 17.4. The molecule has 3 heterocycles. The van der Waals surface area contributed by atoms with Gasteiger partial charge in [-0.05, 0) is 224 Å². The van der Waals surface area contributed by atoms with E-state index in [-0.39, 0.29) is 44.6 Å². The summed E-state index contributed by atoms with van der Waals surface area (Å²) in [4.78, 5) is 7.93. The Labute approximate surface area is 503 Å². The summed E-state index contributed by atoms with van der Waals surface area (Å²) in [6.07, 6.45) is 4.63. The number of nitrogens with zero attached hydrogens (tertiary/aromatic N) is 3. The van der Waals surface area contributed by atoms with E-state index in [1.165, 1.54) is 118 Å². The molecule has 1 aromatic heterocycles. The van der Waals surface area contributed by atoms with Gasteiger partial charge in [0.25, 0.3) is 6.71 Å². The Balaban J connectivity index is 1.16. The van der Waals surface area contributed by atoms with Crippen LogP contribution in [0.5, 0.6) is 0 Å². The minimum absolute atomic E-state index is 0.000809. The lowest BCUT2D eigenvalue weighted by atomic mass is 9.33. The first-order chi connectivity index (χ1) is 39.2. The average molecular weight is 1110 g/mol. The van der Waals surface area contributed by atoms with Crippen molar-refractivity contribution in [1.29, 1.82) is 0 Å². The van der Waals surface area contributed by atoms with Gasteiger partial charge >= 0.3 is 0 Å². The number of para-hydroxylation sites is 1. The first-order valence-corrected chi connectivity index (χ1v) is 31.5. The van der Waals surface area contributed by atoms with Gasteiger partial charge in [-0.2, -0.15) is 0 Å². The van der Waals surface area contributed by atoms with Crippen molar-refractivity contribution in [2.75, 3.05) is 14.7 Å². The lowest BCUT2D eigenvalue weighted by molar-refractivity contribution is 0.332. The van der Waals surface area contributed by atoms with Crippen LogP contribution in [0.1, 0.15) is 199 Å². The predicted octanol–water partition coefficient (Wildman–Crippen LogP) is 20.7. The van der Waals surface area contributed by atoms with Gasteiger partial charge in [0.05, 0.1) is 5.69 Å². The standard InChI is InChI=1S/C79H90BN3O/c1-47-39-67-71-68(40-47)83(64-34-29-55-54-23-21-22-24-69(54)84-72(55)70(64)75(10,11)12)65-44-53(81(62-32-25-50(41-48(62)2)73(4,5)6)63-33-26-51(42-49(63)3)74(7,8)9)28-31-60(65)80(71)61-45-58-59(79(19,20)38-37-78(58,17)18)46-66(61)82(67)52-27-30-56-57(43-52)77(15,16)36-35-76(56,13)14/h21-34,39-46H,35-38H2,1-20H3. The molecular formula is C79H90BN3O. The summed E-state index contributed by atoms with van der Waals surface area (Å²) in [5.41, 5.74) is 30.1. The van der Waals surface area contributed by atoms with E-state index in [1.807, 2.05) is 0 Å². The van der Waals surface area contributed by atoms with Gasteiger partial charge in [-0.3, -0.25) is 0 Å². The van der Waals surface area contributed by atoms with Crippen molar-refractivity contribution in [2.24, 2.45) is 0 Å². The molecule has 5 heteroatoms. The zero-order valence-corrected chi connectivity index (χ0v) is 54.4. The quantitative estimate of drug-likeness (QED) is 0.160. The molecule has 84 heavy (non-hydrogen) atoms. The molecule has 430 valence electrons. The molecule has 0 saturated heterocycles. The molecule has 0 atom stereocenters. The smallest absolute Gasteiger partial charge is 0.252 e. The highest BCUT2D eigenvalue weighted by Crippen LogP contribution is 2.55. The van der Waals surface area contributed by atoms with Crippen molar-refractivity contribution in [1.82, 2.24) is 0 Å². The van der Waals surface area contributed by atoms with Crippen molar-refractivity contribution >= 4 is 96.2 Å². The third-order valence-corrected chi connectivity index (χ3v) is 20.6. The second kappa shape index (κ2) is 18.5. The molecule has 0 saturated carbocycles. The van der Waals surface area contributed by atoms with Gasteiger partial charge in [0.1, 0.15) is 11.2 Å². The maximum absolute atomic E-state index is 7.13. The maximum atomic E-state index is 7.13. The van der Waals surface area contributed by atoms with Gasteiger partial charge < -0.3 is 19.1 Å². The van der Waals surface area contributed by atoms with E-state index in [0.717, 1.165) is 52.6 Å². The first-order valence-electron chi connectivity index (χ1n) is 31.5. The zero-order valence-electron chi connectivity index (χ0n) is 54.4. The number of anilines is 9. The molecule has 0 unspecified atom stereocenters. The molecule has 2 aliphatic heterocycles. The second-order valence-electron chi connectivity index (χ2n) is 31.8. The van der Waals surface area contributed by atoms with Gasteiger partial charge in [-0.15, -0.1) is 0 Å². The van der Waals surface area contributed by atoms with E-state index < -0.39 is 0 Å². The Hall–Kier alpha value is -6.98. The van der Waals surface area contributed by atoms with E-state index in [0.29, 0.717) is 0 Å². The number of fused-ring (bicyclic) bond motifs is 9. The van der Waals surface area contributed by atoms with Gasteiger partial charge in [0, 0.05) is 61.8 Å². The fourth-order valence-electron chi connectivity index (χ4n) is 15.4. The van der Waals surface area contributed by atoms with Crippen LogP contribution in [0.15, 0.2) is 138 Å². The van der Waals surface area contributed by atoms with Crippen LogP contribution in [0, 0.1) is 20.8 Å². The second-order valence-corrected chi connectivity index (χ2v) is 31.8. The molecule has 8 aromatic carbocycles. The first kappa shape index (κ1) is 56.2. The van der Waals surface area contributed by atoms with E-state index in [2.05, 4.69) is 287 Å². The van der Waals surface area contributed by atoms with Crippen LogP contribution in [-0.4, -0.2) is 6.71 Å². The van der Waals surface area contributed by atoms with Crippen LogP contribution in [0.2, 0.25) is 0 Å². The molecule has 0 N–H and O–H groups in total. The summed E-state index contributed by atoms with van der Waals surface area (Å²) < 4.78 is 7.13. The summed E-state index contributed by atoms with van der Waals surface area (Å²) in [6, 6.07) is 53.1. The van der Waals surface area contributed by atoms with Crippen molar-refractivity contribution in [3.05, 3.63) is 189 Å². The van der Waals surface area contributed by atoms with Crippen LogP contribution < -0.4 is 31.1 Å². The van der Waals surface area contributed by atoms with Crippen LogP contribution in [-0.2, 0) is 37.9 Å². The zero-order chi connectivity index (χ0) is 59.9. The molecule has 0 amide bonds. The SMILES string of the molecule is Cc1cc2c3c(c1)N(c1ccc4c(oc5ccccc54)c1C(C)(C)C)c1cc(N(c4ccc(C(C)(C)C)cc4C)c4ccc(C(C)(C)C)cc4C)ccc1B3c1cc3c(cc1N2c1ccc2c(c1)C(C)(C)CCC2(C)C)C(C)(C)CCC3(C)C. The van der Waals surface area contributed by atoms with E-state index in [9.17, 15) is 0 Å². The minimum atomic E-state index is -0.315. The van der Waals surface area contributed by atoms with E-state index in [1.54, 1.807) is 0 Å². The number of hydrogen-bond donors (Lipinski definition) is 0. The molecule has 4 nitrogen and oxygen atoms in total. The van der Waals surface area contributed by atoms with Gasteiger partial charge in [0.2, 0.25) is 0 Å². The Morgan fingerprint density at radius 2 is 0.976 bits per heavy atom. The highest BCUT2D eigenvalue weighted by atomic mass is 16.3. The largest absolute Gasteiger partial charge is 0.456 e. The Kier molecular flexibility index (Phi) is 12.4. The summed E-state index contributed by atoms with van der Waals surface area (Å²) in [6.45, 7) is 47.7. The van der Waals surface area contributed by atoms with Gasteiger partial charge in [0.15, 0.2) is 0 Å². The summed E-state index contributed by atoms with van der Waals surface area (Å²) >= 11 is 0. The third-order valence-electron chi connectivity index (χ3n) is 20.6. The number of hydrogen-bond acceptors (Lipinski definition) is 4. The van der Waals surface area contributed by atoms with Crippen molar-refractivity contribution in [2.45, 2.75) is 202 Å². The molecule has 0 radical (unpaired) electrons. The number of furan rings is 1. The van der Waals surface area contributed by atoms with Crippen molar-refractivity contribution in [3.63, 3.8) is 0 Å². The molecular weight excluding hydrogens is 1020 g/mol. The maximum Gasteiger partial charge on any atom is 0.252 e. The Bertz CT molecular complexity index is 4150. The molecule has 0 spiro atoms. The Morgan fingerprint density at radius 1 is 0.440 bits per heavy atom. The topological polar surface area (TPSA) is 22.9 Å². The fraction of sp³-hybridized carbons (Fsp3) is 0.392. The van der Waals surface area contributed by atoms with Crippen LogP contribution in [0.25, 0.3) is 21.9 Å². The molecule has 9 aromatic rings. The summed E-state index contributed by atoms with van der Waals surface area (Å²) in [7, 11) is 0. The summed E-state index contributed by atoms with van der Waals surface area (Å²) in [5.74, 6) is 0. The lowest BCUT2D eigenvalue weighted by Crippen LogP contribution is -2.62. The molecule has 0 fully saturated rings. The van der Waals surface area contributed by atoms with Crippen LogP contribution in [0.3, 0.4) is 0 Å². The van der Waals surface area contributed by atoms with Crippen molar-refractivity contribution < 1.29 is 4.42 Å². The number of rotatable bonds is 5. The molecule has 13 rings (SSSR count). The van der Waals surface area contributed by atoms with Gasteiger partial charge in [-0.1, -0.05) is 178 Å². The molecule has 0 bridgehead atoms. The molecule has 2 aliphatic carbocycles. The fourth-order valence-corrected chi connectivity index (χ4v) is 15.4. The molecule has 4 aliphatic rings. The van der Waals surface area contributed by atoms with Crippen LogP contribution >= 0.6 is 0 Å². The number of aryl methyl sites for hydroxylation is 3. The van der Waals surface area contributed by atoms with Crippen LogP contribution in [0.4, 0.5) is 51.2 Å². The predicted molar refractivity (Wildman–Crippen MR) is 363 cm³/mol. The monoisotopic (exact) mass is 1110 g/mol. The average Bonchev–Trinajstić information content (AvgIpc) is 0.789. The highest BCUT2D eigenvalue weighted by Gasteiger charge is 2.48. The number of benzene rings is 8. The highest BCUT2D eigenvalue weighted by molar-refractivity contribution is 7.00. The third kappa shape index (κ3) is 8.73. The van der Waals surface area contributed by atoms with E-state index >= 15 is 0 Å². The summed E-state index contributed by atoms with van der Waals surface area (Å²) in [5, 5.41) is 2.30. The van der Waals surface area contributed by atoms with Gasteiger partial charge in [-0.25, -0.2) is 0 Å². The van der Waals surface area contributed by atoms with E-state index in [4.69, 9.17) is 4.42 Å².